The summed E-state index contributed by atoms with van der Waals surface area (Å²) in [6, 6.07) is 5.71. The molecule has 1 amide bonds. The van der Waals surface area contributed by atoms with Crippen molar-refractivity contribution < 1.29 is 21.6 Å². The molecule has 172 valence electrons. The van der Waals surface area contributed by atoms with Gasteiger partial charge in [0.25, 0.3) is 10.0 Å². The predicted molar refractivity (Wildman–Crippen MR) is 119 cm³/mol. The van der Waals surface area contributed by atoms with E-state index in [1.165, 1.54) is 10.4 Å². The summed E-state index contributed by atoms with van der Waals surface area (Å²) in [4.78, 5) is 17.6. The molecule has 2 aliphatic heterocycles. The fraction of sp³-hybridized carbons (Fsp3) is 0.600. The van der Waals surface area contributed by atoms with Crippen LogP contribution in [-0.4, -0.2) is 63.8 Å². The van der Waals surface area contributed by atoms with E-state index in [1.807, 2.05) is 6.92 Å². The number of hydrogen-bond donors (Lipinski definition) is 2. The lowest BCUT2D eigenvalue weighted by atomic mass is 10.0. The molecule has 1 atom stereocenters. The molecule has 31 heavy (non-hydrogen) atoms. The van der Waals surface area contributed by atoms with Gasteiger partial charge in [-0.25, -0.2) is 21.1 Å². The number of carbonyl (C=O) groups excluding carboxylic acids is 1. The summed E-state index contributed by atoms with van der Waals surface area (Å²) in [7, 11) is -6.89. The Bertz CT molecular complexity index is 1050. The Hall–Kier alpha value is -1.98. The number of fused-ring (bicyclic) bond motifs is 1. The highest BCUT2D eigenvalue weighted by molar-refractivity contribution is 7.90. The SMILES string of the molecule is CCCC[C@H](N=C1NS(=O)(=O)c2ccccc21)C(=O)NC1CCN(S(=O)(=O)CC)CC1. The van der Waals surface area contributed by atoms with Gasteiger partial charge in [0.2, 0.25) is 15.9 Å². The van der Waals surface area contributed by atoms with Crippen molar-refractivity contribution in [3.05, 3.63) is 29.8 Å². The Kier molecular flexibility index (Phi) is 7.38. The summed E-state index contributed by atoms with van der Waals surface area (Å²) in [5.74, 6) is -0.00473. The van der Waals surface area contributed by atoms with Crippen LogP contribution in [0.15, 0.2) is 34.2 Å². The molecule has 2 aliphatic rings. The lowest BCUT2D eigenvalue weighted by Gasteiger charge is -2.31. The molecule has 0 aliphatic carbocycles. The second kappa shape index (κ2) is 9.66. The molecule has 1 aromatic rings. The van der Waals surface area contributed by atoms with Crippen LogP contribution in [-0.2, 0) is 24.8 Å². The van der Waals surface area contributed by atoms with Crippen molar-refractivity contribution in [2.24, 2.45) is 4.99 Å². The number of aliphatic imine (C=N–C) groups is 1. The van der Waals surface area contributed by atoms with Crippen LogP contribution in [0, 0.1) is 0 Å². The molecular weight excluding hydrogens is 440 g/mol. The van der Waals surface area contributed by atoms with Crippen molar-refractivity contribution in [1.29, 1.82) is 0 Å². The molecule has 0 spiro atoms. The number of piperidine rings is 1. The number of unbranched alkanes of at least 4 members (excludes halogenated alkanes) is 1. The maximum Gasteiger partial charge on any atom is 0.263 e. The zero-order valence-electron chi connectivity index (χ0n) is 17.9. The first-order valence-electron chi connectivity index (χ1n) is 10.7. The summed E-state index contributed by atoms with van der Waals surface area (Å²) in [5.41, 5.74) is 0.467. The van der Waals surface area contributed by atoms with Gasteiger partial charge in [-0.1, -0.05) is 31.9 Å². The minimum atomic E-state index is -3.67. The average Bonchev–Trinajstić information content (AvgIpc) is 3.01. The van der Waals surface area contributed by atoms with Crippen LogP contribution < -0.4 is 10.0 Å². The topological polar surface area (TPSA) is 125 Å². The number of amides is 1. The minimum Gasteiger partial charge on any atom is -0.351 e. The highest BCUT2D eigenvalue weighted by Crippen LogP contribution is 2.23. The zero-order chi connectivity index (χ0) is 22.6. The van der Waals surface area contributed by atoms with Crippen molar-refractivity contribution in [2.45, 2.75) is 62.9 Å². The number of rotatable bonds is 8. The van der Waals surface area contributed by atoms with E-state index in [2.05, 4.69) is 15.0 Å². The summed E-state index contributed by atoms with van der Waals surface area (Å²) in [6.45, 7) is 4.39. The maximum absolute atomic E-state index is 13.0. The molecule has 9 nitrogen and oxygen atoms in total. The van der Waals surface area contributed by atoms with Gasteiger partial charge in [-0.3, -0.25) is 14.5 Å². The molecule has 3 rings (SSSR count). The van der Waals surface area contributed by atoms with Crippen LogP contribution in [0.1, 0.15) is 51.5 Å². The quantitative estimate of drug-likeness (QED) is 0.591. The Morgan fingerprint density at radius 3 is 2.58 bits per heavy atom. The number of nitrogens with zero attached hydrogens (tertiary/aromatic N) is 2. The maximum atomic E-state index is 13.0. The average molecular weight is 471 g/mol. The molecular formula is C20H30N4O5S2. The highest BCUT2D eigenvalue weighted by Gasteiger charge is 2.33. The van der Waals surface area contributed by atoms with Crippen LogP contribution in [0.5, 0.6) is 0 Å². The van der Waals surface area contributed by atoms with E-state index in [9.17, 15) is 21.6 Å². The largest absolute Gasteiger partial charge is 0.351 e. The van der Waals surface area contributed by atoms with Crippen LogP contribution >= 0.6 is 0 Å². The number of carbonyl (C=O) groups is 1. The first-order valence-corrected chi connectivity index (χ1v) is 13.8. The van der Waals surface area contributed by atoms with Gasteiger partial charge < -0.3 is 5.32 Å². The molecule has 1 saturated heterocycles. The van der Waals surface area contributed by atoms with E-state index in [4.69, 9.17) is 0 Å². The first kappa shape index (κ1) is 23.7. The Morgan fingerprint density at radius 2 is 1.94 bits per heavy atom. The van der Waals surface area contributed by atoms with Gasteiger partial charge in [-0.15, -0.1) is 0 Å². The van der Waals surface area contributed by atoms with E-state index in [-0.39, 0.29) is 28.4 Å². The normalized spacial score (nSPS) is 21.4. The van der Waals surface area contributed by atoms with Crippen LogP contribution in [0.4, 0.5) is 0 Å². The van der Waals surface area contributed by atoms with Crippen molar-refractivity contribution >= 4 is 31.8 Å². The third-order valence-electron chi connectivity index (χ3n) is 5.64. The van der Waals surface area contributed by atoms with Gasteiger partial charge in [0, 0.05) is 24.7 Å². The summed E-state index contributed by atoms with van der Waals surface area (Å²) < 4.78 is 52.6. The number of hydrogen-bond acceptors (Lipinski definition) is 6. The standard InChI is InChI=1S/C20H30N4O5S2/c1-3-5-9-17(22-19-16-8-6-7-10-18(16)31(28,29)23-19)20(25)21-15-11-13-24(14-12-15)30(26,27)4-2/h6-8,10,15,17H,3-5,9,11-14H2,1-2H3,(H,21,25)(H,22,23)/t17-/m0/s1. The third kappa shape index (κ3) is 5.45. The Morgan fingerprint density at radius 1 is 1.26 bits per heavy atom. The van der Waals surface area contributed by atoms with Gasteiger partial charge in [-0.05, 0) is 38.3 Å². The molecule has 0 unspecified atom stereocenters. The van der Waals surface area contributed by atoms with Crippen LogP contribution in [0.25, 0.3) is 0 Å². The van der Waals surface area contributed by atoms with Gasteiger partial charge in [0.05, 0.1) is 10.6 Å². The fourth-order valence-electron chi connectivity index (χ4n) is 3.80. The fourth-order valence-corrected chi connectivity index (χ4v) is 6.17. The van der Waals surface area contributed by atoms with Crippen molar-refractivity contribution in [3.63, 3.8) is 0 Å². The van der Waals surface area contributed by atoms with Crippen LogP contribution in [0.3, 0.4) is 0 Å². The number of sulfonamides is 2. The lowest BCUT2D eigenvalue weighted by Crippen LogP contribution is -2.49. The van der Waals surface area contributed by atoms with E-state index in [0.717, 1.165) is 12.8 Å². The summed E-state index contributed by atoms with van der Waals surface area (Å²) >= 11 is 0. The summed E-state index contributed by atoms with van der Waals surface area (Å²) in [6.07, 6.45) is 3.23. The monoisotopic (exact) mass is 470 g/mol. The van der Waals surface area contributed by atoms with Crippen molar-refractivity contribution in [1.82, 2.24) is 14.3 Å². The molecule has 1 aromatic carbocycles. The van der Waals surface area contributed by atoms with Gasteiger partial charge in [-0.2, -0.15) is 0 Å². The van der Waals surface area contributed by atoms with Crippen molar-refractivity contribution in [3.8, 4) is 0 Å². The molecule has 1 fully saturated rings. The van der Waals surface area contributed by atoms with Crippen LogP contribution in [0.2, 0.25) is 0 Å². The van der Waals surface area contributed by atoms with Gasteiger partial charge >= 0.3 is 0 Å². The lowest BCUT2D eigenvalue weighted by molar-refractivity contribution is -0.123. The Balaban J connectivity index is 1.72. The van der Waals surface area contributed by atoms with E-state index in [1.54, 1.807) is 25.1 Å². The highest BCUT2D eigenvalue weighted by atomic mass is 32.2. The zero-order valence-corrected chi connectivity index (χ0v) is 19.5. The van der Waals surface area contributed by atoms with Gasteiger partial charge in [0.15, 0.2) is 0 Å². The Labute approximate surface area is 184 Å². The number of benzene rings is 1. The van der Waals surface area contributed by atoms with E-state index in [0.29, 0.717) is 37.9 Å². The molecule has 2 heterocycles. The molecule has 11 heteroatoms. The molecule has 0 bridgehead atoms. The van der Waals surface area contributed by atoms with E-state index >= 15 is 0 Å². The molecule has 2 N–H and O–H groups in total. The first-order chi connectivity index (χ1) is 14.7. The second-order valence-electron chi connectivity index (χ2n) is 7.82. The van der Waals surface area contributed by atoms with Crippen molar-refractivity contribution in [2.75, 3.05) is 18.8 Å². The second-order valence-corrected chi connectivity index (χ2v) is 11.7. The number of nitrogens with one attached hydrogen (secondary N) is 2. The van der Waals surface area contributed by atoms with E-state index < -0.39 is 26.1 Å². The molecule has 0 saturated carbocycles. The predicted octanol–water partition coefficient (Wildman–Crippen LogP) is 1.21. The minimum absolute atomic E-state index is 0.0675. The molecule has 0 aromatic heterocycles. The smallest absolute Gasteiger partial charge is 0.263 e. The number of amidine groups is 1. The summed E-state index contributed by atoms with van der Waals surface area (Å²) in [5, 5.41) is 2.99. The van der Waals surface area contributed by atoms with Gasteiger partial charge in [0.1, 0.15) is 11.9 Å². The molecule has 0 radical (unpaired) electrons. The third-order valence-corrected chi connectivity index (χ3v) is 8.92.